The number of aromatic nitrogens is 1. The van der Waals surface area contributed by atoms with E-state index in [1.54, 1.807) is 0 Å². The highest BCUT2D eigenvalue weighted by Crippen LogP contribution is 2.13. The number of morpholine rings is 1. The van der Waals surface area contributed by atoms with E-state index in [2.05, 4.69) is 20.5 Å². The standard InChI is InChI=1S/C15H22N4O2.2ClH/c20-15(13-3-4-16-11-13)18-10-12-1-2-14(17-9-12)19-5-7-21-8-6-19;;/h1-2,9,13,16H,3-8,10-11H2,(H,18,20);2*1H. The van der Waals surface area contributed by atoms with Crippen molar-refractivity contribution < 1.29 is 9.53 Å². The lowest BCUT2D eigenvalue weighted by Gasteiger charge is -2.27. The van der Waals surface area contributed by atoms with E-state index >= 15 is 0 Å². The highest BCUT2D eigenvalue weighted by atomic mass is 35.5. The average molecular weight is 363 g/mol. The van der Waals surface area contributed by atoms with Gasteiger partial charge in [-0.3, -0.25) is 4.79 Å². The van der Waals surface area contributed by atoms with Gasteiger partial charge in [-0.2, -0.15) is 0 Å². The summed E-state index contributed by atoms with van der Waals surface area (Å²) in [5, 5.41) is 6.19. The van der Waals surface area contributed by atoms with Gasteiger partial charge in [0.05, 0.1) is 19.1 Å². The Kier molecular flexibility index (Phi) is 8.62. The molecule has 130 valence electrons. The zero-order valence-electron chi connectivity index (χ0n) is 13.0. The summed E-state index contributed by atoms with van der Waals surface area (Å²) < 4.78 is 5.34. The van der Waals surface area contributed by atoms with Crippen molar-refractivity contribution in [3.63, 3.8) is 0 Å². The molecule has 0 aliphatic carbocycles. The monoisotopic (exact) mass is 362 g/mol. The number of hydrogen-bond donors (Lipinski definition) is 2. The normalized spacial score (nSPS) is 20.3. The lowest BCUT2D eigenvalue weighted by Crippen LogP contribution is -2.36. The summed E-state index contributed by atoms with van der Waals surface area (Å²) in [4.78, 5) is 18.6. The topological polar surface area (TPSA) is 66.5 Å². The van der Waals surface area contributed by atoms with Crippen LogP contribution in [0.5, 0.6) is 0 Å². The predicted molar refractivity (Wildman–Crippen MR) is 94.6 cm³/mol. The third kappa shape index (κ3) is 5.49. The first-order valence-electron chi connectivity index (χ1n) is 7.59. The van der Waals surface area contributed by atoms with Crippen molar-refractivity contribution in [3.8, 4) is 0 Å². The number of nitrogens with zero attached hydrogens (tertiary/aromatic N) is 2. The minimum Gasteiger partial charge on any atom is -0.378 e. The summed E-state index contributed by atoms with van der Waals surface area (Å²) in [6, 6.07) is 4.05. The average Bonchev–Trinajstić information content (AvgIpc) is 3.08. The maximum atomic E-state index is 11.9. The molecule has 1 unspecified atom stereocenters. The molecule has 0 aromatic carbocycles. The third-order valence-corrected chi connectivity index (χ3v) is 4.04. The molecule has 2 N–H and O–H groups in total. The molecule has 2 saturated heterocycles. The van der Waals surface area contributed by atoms with Crippen LogP contribution in [-0.4, -0.2) is 50.3 Å². The largest absolute Gasteiger partial charge is 0.378 e. The van der Waals surface area contributed by atoms with Crippen LogP contribution in [0.4, 0.5) is 5.82 Å². The fraction of sp³-hybridized carbons (Fsp3) is 0.600. The molecule has 0 bridgehead atoms. The molecule has 0 radical (unpaired) electrons. The van der Waals surface area contributed by atoms with Crippen LogP contribution in [-0.2, 0) is 16.1 Å². The maximum absolute atomic E-state index is 11.9. The summed E-state index contributed by atoms with van der Waals surface area (Å²) >= 11 is 0. The van der Waals surface area contributed by atoms with E-state index in [0.717, 1.165) is 57.2 Å². The Labute approximate surface area is 149 Å². The Morgan fingerprint density at radius 1 is 1.35 bits per heavy atom. The number of carbonyl (C=O) groups is 1. The van der Waals surface area contributed by atoms with Gasteiger partial charge in [0.25, 0.3) is 0 Å². The minimum absolute atomic E-state index is 0. The van der Waals surface area contributed by atoms with Gasteiger partial charge in [0.2, 0.25) is 5.91 Å². The van der Waals surface area contributed by atoms with Crippen LogP contribution in [0.15, 0.2) is 18.3 Å². The Hall–Kier alpha value is -1.08. The summed E-state index contributed by atoms with van der Waals surface area (Å²) in [5.41, 5.74) is 1.03. The lowest BCUT2D eigenvalue weighted by molar-refractivity contribution is -0.124. The fourth-order valence-corrected chi connectivity index (χ4v) is 2.71. The SMILES string of the molecule is Cl.Cl.O=C(NCc1ccc(N2CCOCC2)nc1)C1CCNC1. The Bertz CT molecular complexity index is 475. The Morgan fingerprint density at radius 3 is 2.74 bits per heavy atom. The van der Waals surface area contributed by atoms with Gasteiger partial charge in [-0.15, -0.1) is 24.8 Å². The molecular formula is C15H24Cl2N4O2. The fourth-order valence-electron chi connectivity index (χ4n) is 2.71. The number of carbonyl (C=O) groups excluding carboxylic acids is 1. The summed E-state index contributed by atoms with van der Waals surface area (Å²) in [7, 11) is 0. The number of rotatable bonds is 4. The van der Waals surface area contributed by atoms with Gasteiger partial charge >= 0.3 is 0 Å². The van der Waals surface area contributed by atoms with Crippen LogP contribution in [0.3, 0.4) is 0 Å². The van der Waals surface area contributed by atoms with Gasteiger partial charge < -0.3 is 20.3 Å². The molecule has 0 spiro atoms. The molecule has 2 aliphatic rings. The van der Waals surface area contributed by atoms with Crippen molar-refractivity contribution in [2.24, 2.45) is 5.92 Å². The highest BCUT2D eigenvalue weighted by Gasteiger charge is 2.21. The van der Waals surface area contributed by atoms with Crippen molar-refractivity contribution in [2.45, 2.75) is 13.0 Å². The van der Waals surface area contributed by atoms with E-state index in [9.17, 15) is 4.79 Å². The van der Waals surface area contributed by atoms with E-state index < -0.39 is 0 Å². The van der Waals surface area contributed by atoms with E-state index in [1.165, 1.54) is 0 Å². The molecule has 23 heavy (non-hydrogen) atoms. The van der Waals surface area contributed by atoms with Gasteiger partial charge in [0, 0.05) is 32.4 Å². The molecule has 3 rings (SSSR count). The van der Waals surface area contributed by atoms with Crippen molar-refractivity contribution in [3.05, 3.63) is 23.9 Å². The van der Waals surface area contributed by atoms with E-state index in [-0.39, 0.29) is 36.6 Å². The molecule has 1 atom stereocenters. The second kappa shape index (κ2) is 9.93. The van der Waals surface area contributed by atoms with E-state index in [1.807, 2.05) is 18.3 Å². The van der Waals surface area contributed by atoms with E-state index in [0.29, 0.717) is 6.54 Å². The number of ether oxygens (including phenoxy) is 1. The molecule has 6 nitrogen and oxygen atoms in total. The van der Waals surface area contributed by atoms with Gasteiger partial charge in [-0.25, -0.2) is 4.98 Å². The minimum atomic E-state index is 0. The smallest absolute Gasteiger partial charge is 0.224 e. The molecule has 2 fully saturated rings. The van der Waals surface area contributed by atoms with Gasteiger partial charge in [0.15, 0.2) is 0 Å². The van der Waals surface area contributed by atoms with Gasteiger partial charge in [-0.1, -0.05) is 6.07 Å². The van der Waals surface area contributed by atoms with E-state index in [4.69, 9.17) is 4.74 Å². The number of pyridine rings is 1. The number of amides is 1. The van der Waals surface area contributed by atoms with Crippen molar-refractivity contribution in [1.82, 2.24) is 15.6 Å². The second-order valence-corrected chi connectivity index (χ2v) is 5.53. The molecule has 0 saturated carbocycles. The lowest BCUT2D eigenvalue weighted by atomic mass is 10.1. The Balaban J connectivity index is 0.00000132. The van der Waals surface area contributed by atoms with Gasteiger partial charge in [-0.05, 0) is 24.6 Å². The zero-order valence-corrected chi connectivity index (χ0v) is 14.6. The van der Waals surface area contributed by atoms with Crippen molar-refractivity contribution >= 4 is 36.5 Å². The predicted octanol–water partition coefficient (Wildman–Crippen LogP) is 0.987. The molecule has 1 aromatic heterocycles. The first kappa shape index (κ1) is 20.0. The number of hydrogen-bond acceptors (Lipinski definition) is 5. The first-order chi connectivity index (χ1) is 10.3. The molecular weight excluding hydrogens is 339 g/mol. The second-order valence-electron chi connectivity index (χ2n) is 5.53. The van der Waals surface area contributed by atoms with Crippen LogP contribution in [0.1, 0.15) is 12.0 Å². The van der Waals surface area contributed by atoms with Crippen LogP contribution in [0, 0.1) is 5.92 Å². The molecule has 1 amide bonds. The first-order valence-corrected chi connectivity index (χ1v) is 7.59. The molecule has 3 heterocycles. The van der Waals surface area contributed by atoms with Crippen LogP contribution in [0.2, 0.25) is 0 Å². The summed E-state index contributed by atoms with van der Waals surface area (Å²) in [6.45, 7) is 5.57. The third-order valence-electron chi connectivity index (χ3n) is 4.04. The maximum Gasteiger partial charge on any atom is 0.224 e. The summed E-state index contributed by atoms with van der Waals surface area (Å²) in [5.74, 6) is 1.23. The van der Waals surface area contributed by atoms with Gasteiger partial charge in [0.1, 0.15) is 5.82 Å². The van der Waals surface area contributed by atoms with Crippen LogP contribution >= 0.6 is 24.8 Å². The molecule has 8 heteroatoms. The van der Waals surface area contributed by atoms with Crippen LogP contribution in [0.25, 0.3) is 0 Å². The quantitative estimate of drug-likeness (QED) is 0.835. The van der Waals surface area contributed by atoms with Crippen LogP contribution < -0.4 is 15.5 Å². The van der Waals surface area contributed by atoms with Crippen molar-refractivity contribution in [1.29, 1.82) is 0 Å². The number of halogens is 2. The Morgan fingerprint density at radius 2 is 2.13 bits per heavy atom. The number of anilines is 1. The molecule has 2 aliphatic heterocycles. The summed E-state index contributed by atoms with van der Waals surface area (Å²) in [6.07, 6.45) is 2.78. The highest BCUT2D eigenvalue weighted by molar-refractivity contribution is 5.85. The van der Waals surface area contributed by atoms with Crippen molar-refractivity contribution in [2.75, 3.05) is 44.3 Å². The number of nitrogens with one attached hydrogen (secondary N) is 2. The zero-order chi connectivity index (χ0) is 14.5. The molecule has 1 aromatic rings.